The van der Waals surface area contributed by atoms with Crippen molar-refractivity contribution in [1.82, 2.24) is 4.90 Å². The van der Waals surface area contributed by atoms with Crippen molar-refractivity contribution < 1.29 is 14.6 Å². The first-order chi connectivity index (χ1) is 8.11. The molecule has 1 unspecified atom stereocenters. The minimum atomic E-state index is -0.499. The third-order valence-corrected chi connectivity index (χ3v) is 3.11. The van der Waals surface area contributed by atoms with Crippen LogP contribution in [0.1, 0.15) is 28.9 Å². The van der Waals surface area contributed by atoms with Crippen molar-refractivity contribution in [2.24, 2.45) is 0 Å². The molecule has 1 aromatic carbocycles. The number of benzene rings is 1. The summed E-state index contributed by atoms with van der Waals surface area (Å²) in [6.07, 6.45) is -0.322. The van der Waals surface area contributed by atoms with Crippen LogP contribution in [-0.2, 0) is 4.74 Å². The van der Waals surface area contributed by atoms with Gasteiger partial charge in [-0.1, -0.05) is 12.1 Å². The first-order valence-corrected chi connectivity index (χ1v) is 5.72. The standard InChI is InChI=1S/C13H17NO3/c1-9(15)10-3-5-11(6-4-10)13(16)14-7-12(8-14)17-2/h3-6,9,12,15H,7-8H2,1-2H3. The maximum atomic E-state index is 12.0. The van der Waals surface area contributed by atoms with Gasteiger partial charge < -0.3 is 14.7 Å². The van der Waals surface area contributed by atoms with E-state index in [9.17, 15) is 9.90 Å². The van der Waals surface area contributed by atoms with Gasteiger partial charge in [0, 0.05) is 25.8 Å². The van der Waals surface area contributed by atoms with Crippen molar-refractivity contribution in [1.29, 1.82) is 0 Å². The molecule has 1 atom stereocenters. The number of hydrogen-bond donors (Lipinski definition) is 1. The molecule has 1 amide bonds. The van der Waals surface area contributed by atoms with Gasteiger partial charge in [-0.3, -0.25) is 4.79 Å². The monoisotopic (exact) mass is 235 g/mol. The third-order valence-electron chi connectivity index (χ3n) is 3.11. The Morgan fingerprint density at radius 3 is 2.47 bits per heavy atom. The molecule has 1 aliphatic heterocycles. The number of carbonyl (C=O) groups excluding carboxylic acids is 1. The van der Waals surface area contributed by atoms with Gasteiger partial charge in [-0.15, -0.1) is 0 Å². The van der Waals surface area contributed by atoms with Gasteiger partial charge in [0.25, 0.3) is 5.91 Å². The second kappa shape index (κ2) is 4.85. The molecule has 4 heteroatoms. The summed E-state index contributed by atoms with van der Waals surface area (Å²) < 4.78 is 5.13. The molecule has 1 fully saturated rings. The average molecular weight is 235 g/mol. The maximum Gasteiger partial charge on any atom is 0.254 e. The topological polar surface area (TPSA) is 49.8 Å². The fraction of sp³-hybridized carbons (Fsp3) is 0.462. The van der Waals surface area contributed by atoms with Gasteiger partial charge in [0.05, 0.1) is 12.2 Å². The molecule has 0 aromatic heterocycles. The number of amides is 1. The van der Waals surface area contributed by atoms with Crippen LogP contribution in [-0.4, -0.2) is 42.2 Å². The minimum Gasteiger partial charge on any atom is -0.389 e. The summed E-state index contributed by atoms with van der Waals surface area (Å²) in [7, 11) is 1.66. The molecule has 1 saturated heterocycles. The Kier molecular flexibility index (Phi) is 3.45. The number of nitrogens with zero attached hydrogens (tertiary/aromatic N) is 1. The van der Waals surface area contributed by atoms with E-state index < -0.39 is 6.10 Å². The second-order valence-electron chi connectivity index (χ2n) is 4.37. The zero-order chi connectivity index (χ0) is 12.4. The predicted molar refractivity (Wildman–Crippen MR) is 63.8 cm³/mol. The zero-order valence-corrected chi connectivity index (χ0v) is 10.1. The molecular formula is C13H17NO3. The van der Waals surface area contributed by atoms with Gasteiger partial charge in [-0.25, -0.2) is 0 Å². The van der Waals surface area contributed by atoms with Crippen LogP contribution in [0.4, 0.5) is 0 Å². The fourth-order valence-electron chi connectivity index (χ4n) is 1.84. The van der Waals surface area contributed by atoms with Crippen molar-refractivity contribution in [3.8, 4) is 0 Å². The molecule has 1 aliphatic rings. The lowest BCUT2D eigenvalue weighted by Crippen LogP contribution is -2.54. The summed E-state index contributed by atoms with van der Waals surface area (Å²) in [5.41, 5.74) is 1.48. The van der Waals surface area contributed by atoms with Crippen LogP contribution >= 0.6 is 0 Å². The average Bonchev–Trinajstić information content (AvgIpc) is 2.27. The van der Waals surface area contributed by atoms with Gasteiger partial charge in [-0.05, 0) is 24.6 Å². The zero-order valence-electron chi connectivity index (χ0n) is 10.1. The van der Waals surface area contributed by atoms with Crippen molar-refractivity contribution in [2.75, 3.05) is 20.2 Å². The molecule has 17 heavy (non-hydrogen) atoms. The van der Waals surface area contributed by atoms with E-state index in [-0.39, 0.29) is 12.0 Å². The van der Waals surface area contributed by atoms with Crippen LogP contribution in [0.25, 0.3) is 0 Å². The van der Waals surface area contributed by atoms with E-state index >= 15 is 0 Å². The van der Waals surface area contributed by atoms with Crippen LogP contribution in [0, 0.1) is 0 Å². The number of aliphatic hydroxyl groups excluding tert-OH is 1. The summed E-state index contributed by atoms with van der Waals surface area (Å²) in [5, 5.41) is 9.37. The van der Waals surface area contributed by atoms with Crippen molar-refractivity contribution in [3.05, 3.63) is 35.4 Å². The van der Waals surface area contributed by atoms with Crippen molar-refractivity contribution in [2.45, 2.75) is 19.1 Å². The van der Waals surface area contributed by atoms with Crippen molar-refractivity contribution in [3.63, 3.8) is 0 Å². The molecule has 1 heterocycles. The molecule has 4 nitrogen and oxygen atoms in total. The highest BCUT2D eigenvalue weighted by atomic mass is 16.5. The normalized spacial score (nSPS) is 17.7. The highest BCUT2D eigenvalue weighted by molar-refractivity contribution is 5.94. The number of hydrogen-bond acceptors (Lipinski definition) is 3. The molecule has 1 N–H and O–H groups in total. The Morgan fingerprint density at radius 2 is 2.00 bits per heavy atom. The number of aliphatic hydroxyl groups is 1. The van der Waals surface area contributed by atoms with Gasteiger partial charge >= 0.3 is 0 Å². The Labute approximate surface area is 101 Å². The van der Waals surface area contributed by atoms with Crippen molar-refractivity contribution >= 4 is 5.91 Å². The summed E-state index contributed by atoms with van der Waals surface area (Å²) in [5.74, 6) is 0.0236. The summed E-state index contributed by atoms with van der Waals surface area (Å²) in [6, 6.07) is 7.08. The lowest BCUT2D eigenvalue weighted by molar-refractivity contribution is -0.0191. The molecule has 0 bridgehead atoms. The number of methoxy groups -OCH3 is 1. The smallest absolute Gasteiger partial charge is 0.254 e. The van der Waals surface area contributed by atoms with E-state index in [0.717, 1.165) is 5.56 Å². The first kappa shape index (κ1) is 12.1. The predicted octanol–water partition coefficient (Wildman–Crippen LogP) is 1.21. The Morgan fingerprint density at radius 1 is 1.41 bits per heavy atom. The molecule has 0 saturated carbocycles. The van der Waals surface area contributed by atoms with Gasteiger partial charge in [0.2, 0.25) is 0 Å². The molecule has 92 valence electrons. The maximum absolute atomic E-state index is 12.0. The van der Waals surface area contributed by atoms with Crippen LogP contribution in [0.3, 0.4) is 0 Å². The summed E-state index contributed by atoms with van der Waals surface area (Å²) in [4.78, 5) is 13.7. The first-order valence-electron chi connectivity index (χ1n) is 5.72. The number of ether oxygens (including phenoxy) is 1. The van der Waals surface area contributed by atoms with E-state index in [2.05, 4.69) is 0 Å². The van der Waals surface area contributed by atoms with Crippen LogP contribution in [0.15, 0.2) is 24.3 Å². The number of carbonyl (C=O) groups is 1. The Balaban J connectivity index is 2.01. The Hall–Kier alpha value is -1.39. The van der Waals surface area contributed by atoms with Crippen LogP contribution < -0.4 is 0 Å². The molecule has 2 rings (SSSR count). The highest BCUT2D eigenvalue weighted by Gasteiger charge is 2.30. The highest BCUT2D eigenvalue weighted by Crippen LogP contribution is 2.17. The SMILES string of the molecule is COC1CN(C(=O)c2ccc(C(C)O)cc2)C1. The van der Waals surface area contributed by atoms with Gasteiger partial charge in [-0.2, -0.15) is 0 Å². The lowest BCUT2D eigenvalue weighted by atomic mass is 10.1. The molecule has 1 aromatic rings. The summed E-state index contributed by atoms with van der Waals surface area (Å²) >= 11 is 0. The molecular weight excluding hydrogens is 218 g/mol. The van der Waals surface area contributed by atoms with Crippen LogP contribution in [0.2, 0.25) is 0 Å². The van der Waals surface area contributed by atoms with E-state index in [0.29, 0.717) is 18.7 Å². The number of likely N-dealkylation sites (tertiary alicyclic amines) is 1. The molecule has 0 aliphatic carbocycles. The quantitative estimate of drug-likeness (QED) is 0.856. The van der Waals surface area contributed by atoms with Crippen LogP contribution in [0.5, 0.6) is 0 Å². The van der Waals surface area contributed by atoms with E-state index in [1.54, 1.807) is 43.2 Å². The fourth-order valence-corrected chi connectivity index (χ4v) is 1.84. The molecule has 0 radical (unpaired) electrons. The van der Waals surface area contributed by atoms with E-state index in [4.69, 9.17) is 4.74 Å². The lowest BCUT2D eigenvalue weighted by Gasteiger charge is -2.38. The van der Waals surface area contributed by atoms with E-state index in [1.807, 2.05) is 0 Å². The molecule has 0 spiro atoms. The largest absolute Gasteiger partial charge is 0.389 e. The summed E-state index contributed by atoms with van der Waals surface area (Å²) in [6.45, 7) is 3.02. The Bertz CT molecular complexity index is 394. The van der Waals surface area contributed by atoms with Gasteiger partial charge in [0.15, 0.2) is 0 Å². The van der Waals surface area contributed by atoms with Gasteiger partial charge in [0.1, 0.15) is 0 Å². The minimum absolute atomic E-state index is 0.0236. The third kappa shape index (κ3) is 2.48. The second-order valence-corrected chi connectivity index (χ2v) is 4.37. The number of rotatable bonds is 3. The van der Waals surface area contributed by atoms with E-state index in [1.165, 1.54) is 0 Å².